The van der Waals surface area contributed by atoms with Crippen LogP contribution in [0.15, 0.2) is 47.0 Å². The highest BCUT2D eigenvalue weighted by atomic mass is 35.5. The molecule has 2 heterocycles. The quantitative estimate of drug-likeness (QED) is 0.646. The highest BCUT2D eigenvalue weighted by Crippen LogP contribution is 2.34. The molecule has 3 amide bonds. The minimum Gasteiger partial charge on any atom is -0.339 e. The zero-order valence-corrected chi connectivity index (χ0v) is 16.1. The summed E-state index contributed by atoms with van der Waals surface area (Å²) in [5.41, 5.74) is 1.38. The number of anilines is 2. The molecule has 1 N–H and O–H groups in total. The first-order valence-electron chi connectivity index (χ1n) is 8.80. The number of rotatable bonds is 5. The van der Waals surface area contributed by atoms with Gasteiger partial charge in [0.05, 0.1) is 21.8 Å². The Morgan fingerprint density at radius 1 is 1.14 bits per heavy atom. The average molecular weight is 411 g/mol. The first kappa shape index (κ1) is 18.8. The van der Waals surface area contributed by atoms with Crippen LogP contribution in [0.1, 0.15) is 38.9 Å². The Balaban J connectivity index is 1.46. The molecule has 0 radical (unpaired) electrons. The van der Waals surface area contributed by atoms with Gasteiger partial charge in [0, 0.05) is 18.5 Å². The van der Waals surface area contributed by atoms with Gasteiger partial charge in [0.1, 0.15) is 0 Å². The van der Waals surface area contributed by atoms with Crippen molar-refractivity contribution in [2.75, 3.05) is 10.2 Å². The smallest absolute Gasteiger partial charge is 0.266 e. The number of hydrogen-bond donors (Lipinski definition) is 1. The second-order valence-electron chi connectivity index (χ2n) is 6.44. The summed E-state index contributed by atoms with van der Waals surface area (Å²) in [6, 6.07) is 11.2. The number of nitrogens with zero attached hydrogens (tertiary/aromatic N) is 3. The lowest BCUT2D eigenvalue weighted by Crippen LogP contribution is -2.29. The van der Waals surface area contributed by atoms with Crippen molar-refractivity contribution in [3.63, 3.8) is 0 Å². The molecule has 0 unspecified atom stereocenters. The van der Waals surface area contributed by atoms with Crippen molar-refractivity contribution < 1.29 is 18.9 Å². The van der Waals surface area contributed by atoms with Crippen LogP contribution < -0.4 is 10.2 Å². The van der Waals surface area contributed by atoms with Crippen LogP contribution in [-0.2, 0) is 11.2 Å². The molecule has 8 nitrogen and oxygen atoms in total. The number of hydrogen-bond acceptors (Lipinski definition) is 6. The summed E-state index contributed by atoms with van der Waals surface area (Å²) in [7, 11) is 0. The molecule has 0 spiro atoms. The molecule has 146 valence electrons. The Kier molecular flexibility index (Phi) is 4.85. The van der Waals surface area contributed by atoms with Gasteiger partial charge in [-0.1, -0.05) is 28.9 Å². The number of carbonyl (C=O) groups is 3. The zero-order valence-electron chi connectivity index (χ0n) is 15.3. The largest absolute Gasteiger partial charge is 0.339 e. The summed E-state index contributed by atoms with van der Waals surface area (Å²) >= 11 is 6.31. The van der Waals surface area contributed by atoms with E-state index in [1.54, 1.807) is 37.3 Å². The van der Waals surface area contributed by atoms with Crippen LogP contribution >= 0.6 is 11.6 Å². The maximum atomic E-state index is 12.6. The van der Waals surface area contributed by atoms with Crippen molar-refractivity contribution in [2.45, 2.75) is 19.8 Å². The van der Waals surface area contributed by atoms with Gasteiger partial charge in [-0.05, 0) is 37.3 Å². The van der Waals surface area contributed by atoms with E-state index in [0.29, 0.717) is 35.0 Å². The lowest BCUT2D eigenvalue weighted by molar-refractivity contribution is -0.116. The van der Waals surface area contributed by atoms with Gasteiger partial charge in [0.25, 0.3) is 11.8 Å². The highest BCUT2D eigenvalue weighted by Gasteiger charge is 2.37. The molecule has 1 aliphatic rings. The predicted molar refractivity (Wildman–Crippen MR) is 105 cm³/mol. The first-order valence-corrected chi connectivity index (χ1v) is 9.18. The molecule has 0 fully saturated rings. The van der Waals surface area contributed by atoms with Crippen molar-refractivity contribution in [3.05, 3.63) is 70.3 Å². The normalized spacial score (nSPS) is 13.0. The van der Waals surface area contributed by atoms with E-state index in [4.69, 9.17) is 16.1 Å². The number of carbonyl (C=O) groups excluding carboxylic acids is 3. The summed E-state index contributed by atoms with van der Waals surface area (Å²) in [5, 5.41) is 6.56. The number of halogens is 1. The fourth-order valence-corrected chi connectivity index (χ4v) is 3.32. The molecule has 0 aliphatic carbocycles. The Hall–Kier alpha value is -3.52. The van der Waals surface area contributed by atoms with Crippen LogP contribution in [0.2, 0.25) is 5.02 Å². The van der Waals surface area contributed by atoms with Crippen molar-refractivity contribution in [1.29, 1.82) is 0 Å². The molecular formula is C20H15ClN4O4. The molecule has 1 aromatic heterocycles. The maximum Gasteiger partial charge on any atom is 0.266 e. The summed E-state index contributed by atoms with van der Waals surface area (Å²) in [6.07, 6.45) is 0.465. The third kappa shape index (κ3) is 3.62. The molecule has 0 bridgehead atoms. The molecule has 0 atom stereocenters. The third-order valence-corrected chi connectivity index (χ3v) is 4.70. The van der Waals surface area contributed by atoms with E-state index in [0.717, 1.165) is 4.90 Å². The summed E-state index contributed by atoms with van der Waals surface area (Å²) in [4.78, 5) is 42.4. The Bertz CT molecular complexity index is 1110. The molecule has 29 heavy (non-hydrogen) atoms. The van der Waals surface area contributed by atoms with Crippen LogP contribution in [0, 0.1) is 6.92 Å². The van der Waals surface area contributed by atoms with Crippen LogP contribution in [0.3, 0.4) is 0 Å². The number of imide groups is 1. The van der Waals surface area contributed by atoms with Gasteiger partial charge in [0.2, 0.25) is 11.8 Å². The van der Waals surface area contributed by atoms with Gasteiger partial charge < -0.3 is 9.84 Å². The zero-order chi connectivity index (χ0) is 20.5. The van der Waals surface area contributed by atoms with Crippen LogP contribution in [-0.4, -0.2) is 27.9 Å². The van der Waals surface area contributed by atoms with E-state index >= 15 is 0 Å². The molecule has 1 aliphatic heterocycles. The Labute approximate surface area is 170 Å². The van der Waals surface area contributed by atoms with Gasteiger partial charge in [-0.3, -0.25) is 14.4 Å². The molecule has 3 aromatic rings. The number of nitrogens with one attached hydrogen (secondary N) is 1. The predicted octanol–water partition coefficient (Wildman–Crippen LogP) is 3.40. The van der Waals surface area contributed by atoms with Crippen molar-refractivity contribution in [2.24, 2.45) is 0 Å². The van der Waals surface area contributed by atoms with Gasteiger partial charge >= 0.3 is 0 Å². The minimum absolute atomic E-state index is 0.152. The lowest BCUT2D eigenvalue weighted by atomic mass is 10.1. The highest BCUT2D eigenvalue weighted by molar-refractivity contribution is 6.40. The van der Waals surface area contributed by atoms with Crippen molar-refractivity contribution >= 4 is 40.7 Å². The maximum absolute atomic E-state index is 12.6. The monoisotopic (exact) mass is 410 g/mol. The SMILES string of the molecule is Cc1noc(CCC(=O)Nc2ccc(N3C(=O)c4ccccc4C3=O)c(Cl)c2)n1. The van der Waals surface area contributed by atoms with Crippen molar-refractivity contribution in [1.82, 2.24) is 10.1 Å². The van der Waals surface area contributed by atoms with Gasteiger partial charge in [-0.25, -0.2) is 4.90 Å². The van der Waals surface area contributed by atoms with Gasteiger partial charge in [-0.15, -0.1) is 0 Å². The van der Waals surface area contributed by atoms with E-state index in [9.17, 15) is 14.4 Å². The molecule has 0 saturated carbocycles. The molecule has 0 saturated heterocycles. The second-order valence-corrected chi connectivity index (χ2v) is 6.85. The number of aryl methyl sites for hydroxylation is 2. The number of fused-ring (bicyclic) bond motifs is 1. The Morgan fingerprint density at radius 3 is 2.41 bits per heavy atom. The van der Waals surface area contributed by atoms with E-state index in [1.807, 2.05) is 0 Å². The fourth-order valence-electron chi connectivity index (χ4n) is 3.06. The van der Waals surface area contributed by atoms with E-state index < -0.39 is 11.8 Å². The van der Waals surface area contributed by atoms with Crippen LogP contribution in [0.5, 0.6) is 0 Å². The third-order valence-electron chi connectivity index (χ3n) is 4.40. The minimum atomic E-state index is -0.431. The van der Waals surface area contributed by atoms with Gasteiger partial charge in [-0.2, -0.15) is 4.98 Å². The summed E-state index contributed by atoms with van der Waals surface area (Å²) < 4.78 is 4.97. The van der Waals surface area contributed by atoms with E-state index in [2.05, 4.69) is 15.5 Å². The average Bonchev–Trinajstić information content (AvgIpc) is 3.23. The van der Waals surface area contributed by atoms with Gasteiger partial charge in [0.15, 0.2) is 5.82 Å². The number of amides is 3. The summed E-state index contributed by atoms with van der Waals surface area (Å²) in [6.45, 7) is 1.70. The molecule has 4 rings (SSSR count). The van der Waals surface area contributed by atoms with Crippen LogP contribution in [0.25, 0.3) is 0 Å². The topological polar surface area (TPSA) is 105 Å². The Morgan fingerprint density at radius 2 is 1.83 bits per heavy atom. The molecular weight excluding hydrogens is 396 g/mol. The van der Waals surface area contributed by atoms with Crippen LogP contribution in [0.4, 0.5) is 11.4 Å². The number of aromatic nitrogens is 2. The molecule has 2 aromatic carbocycles. The van der Waals surface area contributed by atoms with E-state index in [1.165, 1.54) is 12.1 Å². The lowest BCUT2D eigenvalue weighted by Gasteiger charge is -2.16. The summed E-state index contributed by atoms with van der Waals surface area (Å²) in [5.74, 6) is -0.226. The van der Waals surface area contributed by atoms with Crippen molar-refractivity contribution in [3.8, 4) is 0 Å². The second kappa shape index (κ2) is 7.48. The van der Waals surface area contributed by atoms with E-state index in [-0.39, 0.29) is 23.0 Å². The fraction of sp³-hybridized carbons (Fsp3) is 0.150. The standard InChI is InChI=1S/C20H15ClN4O4/c1-11-22-18(29-24-11)9-8-17(26)23-12-6-7-16(15(21)10-12)25-19(27)13-4-2-3-5-14(13)20(25)28/h2-7,10H,8-9H2,1H3,(H,23,26). The number of benzene rings is 2. The first-order chi connectivity index (χ1) is 13.9. The molecule has 9 heteroatoms.